The molecule has 1 heterocycles. The van der Waals surface area contributed by atoms with Crippen molar-refractivity contribution in [2.75, 3.05) is 40.5 Å². The zero-order valence-electron chi connectivity index (χ0n) is 14.1. The normalized spacial score (nSPS) is 18.1. The molecule has 1 aliphatic heterocycles. The molecule has 0 aromatic heterocycles. The van der Waals surface area contributed by atoms with Crippen molar-refractivity contribution in [1.29, 1.82) is 0 Å². The number of nitrogens with one attached hydrogen (secondary N) is 1. The van der Waals surface area contributed by atoms with Gasteiger partial charge >= 0.3 is 0 Å². The van der Waals surface area contributed by atoms with Gasteiger partial charge in [-0.05, 0) is 31.0 Å². The van der Waals surface area contributed by atoms with E-state index in [9.17, 15) is 4.39 Å². The van der Waals surface area contributed by atoms with Gasteiger partial charge in [-0.25, -0.2) is 9.38 Å². The number of aliphatic imine (C=N–C) groups is 1. The summed E-state index contributed by atoms with van der Waals surface area (Å²) >= 11 is 0. The van der Waals surface area contributed by atoms with Crippen molar-refractivity contribution in [3.05, 3.63) is 29.6 Å². The Morgan fingerprint density at radius 3 is 2.96 bits per heavy atom. The first-order valence-electron chi connectivity index (χ1n) is 8.03. The molecule has 1 aromatic carbocycles. The SMILES string of the molecule is CCNC(=NCc1ccc(OC)c(F)c1)N(C)CC1CCOC1. The molecule has 0 aliphatic carbocycles. The fraction of sp³-hybridized carbons (Fsp3) is 0.588. The summed E-state index contributed by atoms with van der Waals surface area (Å²) in [6.45, 7) is 5.82. The van der Waals surface area contributed by atoms with Gasteiger partial charge in [0.15, 0.2) is 17.5 Å². The lowest BCUT2D eigenvalue weighted by atomic mass is 10.1. The molecular weight excluding hydrogens is 297 g/mol. The van der Waals surface area contributed by atoms with Gasteiger partial charge in [-0.2, -0.15) is 0 Å². The van der Waals surface area contributed by atoms with E-state index in [0.29, 0.717) is 12.5 Å². The molecule has 1 aliphatic rings. The summed E-state index contributed by atoms with van der Waals surface area (Å²) in [6, 6.07) is 4.93. The molecule has 1 unspecified atom stereocenters. The number of hydrogen-bond acceptors (Lipinski definition) is 3. The minimum Gasteiger partial charge on any atom is -0.494 e. The van der Waals surface area contributed by atoms with Crippen molar-refractivity contribution < 1.29 is 13.9 Å². The molecule has 1 aromatic rings. The van der Waals surface area contributed by atoms with Crippen LogP contribution in [0.4, 0.5) is 4.39 Å². The van der Waals surface area contributed by atoms with Crippen molar-refractivity contribution in [3.63, 3.8) is 0 Å². The lowest BCUT2D eigenvalue weighted by Crippen LogP contribution is -2.41. The van der Waals surface area contributed by atoms with E-state index in [1.54, 1.807) is 6.07 Å². The summed E-state index contributed by atoms with van der Waals surface area (Å²) in [5.74, 6) is 1.27. The Morgan fingerprint density at radius 1 is 1.52 bits per heavy atom. The van der Waals surface area contributed by atoms with Crippen LogP contribution in [0, 0.1) is 11.7 Å². The van der Waals surface area contributed by atoms with E-state index in [0.717, 1.165) is 44.2 Å². The minimum absolute atomic E-state index is 0.253. The standard InChI is InChI=1S/C17H26FN3O2/c1-4-19-17(21(2)11-14-7-8-23-12-14)20-10-13-5-6-16(22-3)15(18)9-13/h5-6,9,14H,4,7-8,10-12H2,1-3H3,(H,19,20). The van der Waals surface area contributed by atoms with E-state index >= 15 is 0 Å². The Morgan fingerprint density at radius 2 is 2.35 bits per heavy atom. The second-order valence-corrected chi connectivity index (χ2v) is 5.75. The highest BCUT2D eigenvalue weighted by atomic mass is 19.1. The summed E-state index contributed by atoms with van der Waals surface area (Å²) in [5.41, 5.74) is 0.816. The maximum Gasteiger partial charge on any atom is 0.193 e. The van der Waals surface area contributed by atoms with Gasteiger partial charge in [0.05, 0.1) is 20.3 Å². The zero-order chi connectivity index (χ0) is 16.7. The van der Waals surface area contributed by atoms with Gasteiger partial charge in [-0.3, -0.25) is 0 Å². The number of benzene rings is 1. The maximum absolute atomic E-state index is 13.7. The molecule has 0 saturated carbocycles. The first kappa shape index (κ1) is 17.5. The van der Waals surface area contributed by atoms with Crippen LogP contribution in [-0.2, 0) is 11.3 Å². The third-order valence-electron chi connectivity index (χ3n) is 3.88. The molecule has 0 amide bonds. The summed E-state index contributed by atoms with van der Waals surface area (Å²) in [7, 11) is 3.48. The zero-order valence-corrected chi connectivity index (χ0v) is 14.1. The van der Waals surface area contributed by atoms with E-state index in [1.165, 1.54) is 13.2 Å². The maximum atomic E-state index is 13.7. The second kappa shape index (κ2) is 8.72. The van der Waals surface area contributed by atoms with Crippen LogP contribution in [0.15, 0.2) is 23.2 Å². The third kappa shape index (κ3) is 5.10. The number of methoxy groups -OCH3 is 1. The van der Waals surface area contributed by atoms with Crippen LogP contribution in [-0.4, -0.2) is 51.3 Å². The van der Waals surface area contributed by atoms with Gasteiger partial charge in [0.25, 0.3) is 0 Å². The topological polar surface area (TPSA) is 46.1 Å². The number of halogens is 1. The Labute approximate surface area is 137 Å². The molecule has 6 heteroatoms. The average molecular weight is 323 g/mol. The van der Waals surface area contributed by atoms with E-state index in [1.807, 2.05) is 20.0 Å². The molecule has 23 heavy (non-hydrogen) atoms. The number of rotatable bonds is 6. The fourth-order valence-corrected chi connectivity index (χ4v) is 2.65. The third-order valence-corrected chi connectivity index (χ3v) is 3.88. The van der Waals surface area contributed by atoms with Gasteiger partial charge < -0.3 is 19.7 Å². The average Bonchev–Trinajstić information content (AvgIpc) is 3.04. The van der Waals surface area contributed by atoms with E-state index in [-0.39, 0.29) is 11.6 Å². The van der Waals surface area contributed by atoms with Crippen LogP contribution in [0.1, 0.15) is 18.9 Å². The second-order valence-electron chi connectivity index (χ2n) is 5.75. The van der Waals surface area contributed by atoms with Gasteiger partial charge in [0.2, 0.25) is 0 Å². The monoisotopic (exact) mass is 323 g/mol. The van der Waals surface area contributed by atoms with Crippen molar-refractivity contribution in [3.8, 4) is 5.75 Å². The van der Waals surface area contributed by atoms with Crippen LogP contribution in [0.5, 0.6) is 5.75 Å². The van der Waals surface area contributed by atoms with Gasteiger partial charge in [-0.1, -0.05) is 6.07 Å². The van der Waals surface area contributed by atoms with E-state index in [2.05, 4.69) is 15.2 Å². The molecule has 1 fully saturated rings. The van der Waals surface area contributed by atoms with Crippen molar-refractivity contribution in [2.24, 2.45) is 10.9 Å². The number of guanidine groups is 1. The molecule has 0 radical (unpaired) electrons. The van der Waals surface area contributed by atoms with Crippen molar-refractivity contribution >= 4 is 5.96 Å². The van der Waals surface area contributed by atoms with Crippen LogP contribution in [0.25, 0.3) is 0 Å². The molecule has 128 valence electrons. The number of nitrogens with zero attached hydrogens (tertiary/aromatic N) is 2. The minimum atomic E-state index is -0.360. The highest BCUT2D eigenvalue weighted by Gasteiger charge is 2.19. The van der Waals surface area contributed by atoms with Crippen LogP contribution < -0.4 is 10.1 Å². The number of hydrogen-bond donors (Lipinski definition) is 1. The molecule has 2 rings (SSSR count). The summed E-state index contributed by atoms with van der Waals surface area (Å²) in [4.78, 5) is 6.72. The molecule has 0 spiro atoms. The van der Waals surface area contributed by atoms with E-state index in [4.69, 9.17) is 9.47 Å². The highest BCUT2D eigenvalue weighted by Crippen LogP contribution is 2.18. The van der Waals surface area contributed by atoms with Crippen molar-refractivity contribution in [2.45, 2.75) is 19.9 Å². The summed E-state index contributed by atoms with van der Waals surface area (Å²) in [6.07, 6.45) is 1.09. The largest absolute Gasteiger partial charge is 0.494 e. The molecular formula is C17H26FN3O2. The molecule has 0 bridgehead atoms. The van der Waals surface area contributed by atoms with Crippen LogP contribution >= 0.6 is 0 Å². The van der Waals surface area contributed by atoms with Crippen molar-refractivity contribution in [1.82, 2.24) is 10.2 Å². The number of ether oxygens (including phenoxy) is 2. The first-order chi connectivity index (χ1) is 11.1. The predicted octanol–water partition coefficient (Wildman–Crippen LogP) is 2.27. The molecule has 1 saturated heterocycles. The lowest BCUT2D eigenvalue weighted by Gasteiger charge is -2.24. The predicted molar refractivity (Wildman–Crippen MR) is 89.3 cm³/mol. The van der Waals surface area contributed by atoms with Gasteiger partial charge in [-0.15, -0.1) is 0 Å². The quantitative estimate of drug-likeness (QED) is 0.644. The summed E-state index contributed by atoms with van der Waals surface area (Å²) < 4.78 is 24.1. The Hall–Kier alpha value is -1.82. The molecule has 1 atom stereocenters. The van der Waals surface area contributed by atoms with Crippen LogP contribution in [0.3, 0.4) is 0 Å². The van der Waals surface area contributed by atoms with E-state index < -0.39 is 0 Å². The Kier molecular flexibility index (Phi) is 6.65. The lowest BCUT2D eigenvalue weighted by molar-refractivity contribution is 0.181. The highest BCUT2D eigenvalue weighted by molar-refractivity contribution is 5.79. The van der Waals surface area contributed by atoms with Crippen LogP contribution in [0.2, 0.25) is 0 Å². The smallest absolute Gasteiger partial charge is 0.193 e. The Bertz CT molecular complexity index is 531. The fourth-order valence-electron chi connectivity index (χ4n) is 2.65. The van der Waals surface area contributed by atoms with Gasteiger partial charge in [0.1, 0.15) is 0 Å². The van der Waals surface area contributed by atoms with Gasteiger partial charge in [0, 0.05) is 32.7 Å². The molecule has 5 nitrogen and oxygen atoms in total. The Balaban J connectivity index is 2.00. The molecule has 1 N–H and O–H groups in total. The summed E-state index contributed by atoms with van der Waals surface area (Å²) in [5, 5.41) is 3.28. The first-order valence-corrected chi connectivity index (χ1v) is 8.03.